The Labute approximate surface area is 474 Å². The first-order valence-corrected chi connectivity index (χ1v) is 29.9. The average Bonchev–Trinajstić information content (AvgIpc) is 2.03. The molecule has 1 unspecified atom stereocenters. The van der Waals surface area contributed by atoms with E-state index in [0.29, 0.717) is 94.3 Å². The summed E-state index contributed by atoms with van der Waals surface area (Å²) in [6.45, 7) is 8.60. The number of pyridine rings is 2. The number of cyclic esters (lactones) is 1. The monoisotopic (exact) mass is 1150 g/mol. The molecule has 1 fully saturated rings. The normalized spacial score (nSPS) is 18.9. The van der Waals surface area contributed by atoms with E-state index in [4.69, 9.17) is 19.2 Å². The van der Waals surface area contributed by atoms with Gasteiger partial charge in [0.25, 0.3) is 5.56 Å². The number of aliphatic hydroxyl groups is 1. The lowest BCUT2D eigenvalue weighted by molar-refractivity contribution is -0.172. The van der Waals surface area contributed by atoms with Gasteiger partial charge in [0.15, 0.2) is 11.4 Å². The van der Waals surface area contributed by atoms with Crippen LogP contribution in [0.3, 0.4) is 0 Å². The molecule has 0 bridgehead atoms. The Morgan fingerprint density at radius 3 is 2.39 bits per heavy atom. The van der Waals surface area contributed by atoms with Gasteiger partial charge < -0.3 is 34.5 Å². The lowest BCUT2D eigenvalue weighted by Crippen LogP contribution is -2.44. The maximum absolute atomic E-state index is 15.5. The number of Topliss-reactive ketones (excluding diaryl/α,β-unsaturated/α-hetero) is 2. The molecule has 21 nitrogen and oxygen atoms in total. The van der Waals surface area contributed by atoms with Crippen LogP contribution in [-0.4, -0.2) is 125 Å². The number of hydrogen-bond donors (Lipinski definition) is 3. The number of imide groups is 1. The summed E-state index contributed by atoms with van der Waals surface area (Å²) >= 11 is 0. The van der Waals surface area contributed by atoms with Gasteiger partial charge in [-0.05, 0) is 85.8 Å². The number of unbranched alkanes of at least 4 members (excludes halogenated alkanes) is 2. The molecule has 1 aliphatic carbocycles. The summed E-state index contributed by atoms with van der Waals surface area (Å²) in [7, 11) is -3.57. The molecule has 4 aromatic rings. The van der Waals surface area contributed by atoms with Crippen LogP contribution >= 0.6 is 0 Å². The fourth-order valence-corrected chi connectivity index (χ4v) is 11.8. The average molecular weight is 1160 g/mol. The highest BCUT2D eigenvalue weighted by Gasteiger charge is 2.46. The molecular formula is C59H71FN6O15S. The summed E-state index contributed by atoms with van der Waals surface area (Å²) in [5, 5.41) is 17.8. The lowest BCUT2D eigenvalue weighted by Gasteiger charge is -2.31. The SMILES string of the molecule is CC[C@@]1(O)C(=O)OCc2c1cc1n(c2=O)Cc2c-1nc1cc(F)c(C)c3c1c2[C@@H](NC(=O)COCN(CCS(C)(=O)=O)C(=O)OCc1ccc(CC(=O)[C@H](C)NC(=O)[C@@H](CC(=O)CCCCCN2C(=O)CC(C)C2=O)C(C)C)cc1)CC3. The molecule has 2 aromatic heterocycles. The number of halogens is 1. The van der Waals surface area contributed by atoms with E-state index in [1.165, 1.54) is 15.5 Å². The second kappa shape index (κ2) is 25.1. The molecule has 5 heterocycles. The second-order valence-corrected chi connectivity index (χ2v) is 24.7. The summed E-state index contributed by atoms with van der Waals surface area (Å²) in [5.74, 6) is -4.63. The zero-order valence-electron chi connectivity index (χ0n) is 47.3. The van der Waals surface area contributed by atoms with E-state index in [9.17, 15) is 56.7 Å². The van der Waals surface area contributed by atoms with Gasteiger partial charge >= 0.3 is 12.1 Å². The van der Waals surface area contributed by atoms with Crippen molar-refractivity contribution in [2.75, 3.05) is 38.4 Å². The number of benzene rings is 2. The van der Waals surface area contributed by atoms with Crippen molar-refractivity contribution in [1.82, 2.24) is 30.0 Å². The van der Waals surface area contributed by atoms with Crippen LogP contribution in [0.4, 0.5) is 9.18 Å². The Balaban J connectivity index is 0.838. The molecule has 0 radical (unpaired) electrons. The third kappa shape index (κ3) is 13.2. The molecule has 440 valence electrons. The van der Waals surface area contributed by atoms with Crippen LogP contribution in [0.5, 0.6) is 0 Å². The molecule has 0 saturated carbocycles. The largest absolute Gasteiger partial charge is 0.458 e. The summed E-state index contributed by atoms with van der Waals surface area (Å²) < 4.78 is 57.8. The number of fused-ring (bicyclic) bond motifs is 5. The van der Waals surface area contributed by atoms with Gasteiger partial charge in [0.1, 0.15) is 48.0 Å². The third-order valence-electron chi connectivity index (χ3n) is 16.2. The van der Waals surface area contributed by atoms with E-state index in [0.717, 1.165) is 11.2 Å². The van der Waals surface area contributed by atoms with Crippen molar-refractivity contribution in [2.45, 2.75) is 143 Å². The number of ether oxygens (including phenoxy) is 3. The summed E-state index contributed by atoms with van der Waals surface area (Å²) in [4.78, 5) is 125. The maximum Gasteiger partial charge on any atom is 0.411 e. The number of rotatable bonds is 25. The second-order valence-electron chi connectivity index (χ2n) is 22.5. The molecule has 1 saturated heterocycles. The van der Waals surface area contributed by atoms with Crippen LogP contribution in [0, 0.1) is 30.5 Å². The standard InChI is InChI=1S/C59H71FN6O15S/c1-8-59(76)43-25-47-53-41(27-66(47)56(73)42(43)29-80-57(59)74)52-45(18-17-39-34(5)44(60)26-46(63-53)51(39)52)62-49(69)30-79-31-64(20-21-82(7,77)78)58(75)81-28-37-15-13-36(14-16-37)23-48(68)35(6)61-54(71)40(32(2)3)24-38(67)12-10-9-11-19-65-50(70)22-33(4)55(65)72/h13-16,25-26,32-33,35,40,45,76H,8-12,17-24,27-31H2,1-7H3,(H,61,71)(H,62,69)/t33?,35-,40-,45-,59-/m0/s1. The molecule has 23 heteroatoms. The number of carbonyl (C=O) groups excluding carboxylic acids is 8. The van der Waals surface area contributed by atoms with Crippen molar-refractivity contribution in [3.8, 4) is 11.4 Å². The van der Waals surface area contributed by atoms with Crippen LogP contribution in [0.2, 0.25) is 0 Å². The van der Waals surface area contributed by atoms with Crippen molar-refractivity contribution < 1.29 is 70.5 Å². The van der Waals surface area contributed by atoms with E-state index in [2.05, 4.69) is 10.6 Å². The van der Waals surface area contributed by atoms with Gasteiger partial charge in [-0.1, -0.05) is 58.4 Å². The Morgan fingerprint density at radius 2 is 1.72 bits per heavy atom. The van der Waals surface area contributed by atoms with Gasteiger partial charge in [-0.25, -0.2) is 27.4 Å². The molecule has 5 amide bonds. The Bertz CT molecular complexity index is 3420. The number of likely N-dealkylation sites (tertiary alicyclic amines) is 1. The molecule has 8 rings (SSSR count). The lowest BCUT2D eigenvalue weighted by atomic mass is 9.81. The Kier molecular flexibility index (Phi) is 18.6. The zero-order valence-corrected chi connectivity index (χ0v) is 48.1. The molecule has 4 aliphatic rings. The zero-order chi connectivity index (χ0) is 59.5. The summed E-state index contributed by atoms with van der Waals surface area (Å²) in [5.41, 5.74) is 2.12. The van der Waals surface area contributed by atoms with E-state index < -0.39 is 87.8 Å². The van der Waals surface area contributed by atoms with Crippen LogP contribution in [0.15, 0.2) is 41.2 Å². The molecule has 0 spiro atoms. The first-order chi connectivity index (χ1) is 38.8. The number of hydrogen-bond acceptors (Lipinski definition) is 16. The predicted molar refractivity (Wildman–Crippen MR) is 296 cm³/mol. The number of esters is 1. The first-order valence-electron chi connectivity index (χ1n) is 27.8. The van der Waals surface area contributed by atoms with Gasteiger partial charge in [-0.15, -0.1) is 0 Å². The summed E-state index contributed by atoms with van der Waals surface area (Å²) in [6, 6.07) is 7.95. The highest BCUT2D eigenvalue weighted by Crippen LogP contribution is 2.46. The van der Waals surface area contributed by atoms with Gasteiger partial charge in [0.05, 0.1) is 46.8 Å². The van der Waals surface area contributed by atoms with Crippen molar-refractivity contribution in [3.05, 3.63) is 97.1 Å². The molecular weight excluding hydrogens is 1080 g/mol. The fraction of sp³-hybridized carbons (Fsp3) is 0.525. The minimum atomic E-state index is -3.57. The first kappa shape index (κ1) is 60.8. The molecule has 3 aliphatic heterocycles. The number of aromatic nitrogens is 2. The smallest absolute Gasteiger partial charge is 0.411 e. The highest BCUT2D eigenvalue weighted by atomic mass is 32.2. The van der Waals surface area contributed by atoms with Gasteiger partial charge in [-0.3, -0.25) is 43.4 Å². The molecule has 3 N–H and O–H groups in total. The van der Waals surface area contributed by atoms with Crippen molar-refractivity contribution in [3.63, 3.8) is 0 Å². The van der Waals surface area contributed by atoms with Gasteiger partial charge in [-0.2, -0.15) is 0 Å². The third-order valence-corrected chi connectivity index (χ3v) is 17.1. The van der Waals surface area contributed by atoms with Crippen molar-refractivity contribution >= 4 is 68.0 Å². The number of amides is 5. The van der Waals surface area contributed by atoms with Gasteiger partial charge in [0.2, 0.25) is 23.6 Å². The van der Waals surface area contributed by atoms with Crippen LogP contribution in [0.1, 0.15) is 137 Å². The quantitative estimate of drug-likeness (QED) is 0.0297. The molecule has 82 heavy (non-hydrogen) atoms. The molecule has 5 atom stereocenters. The number of aryl methyl sites for hydroxylation is 1. The Hall–Kier alpha value is -7.24. The number of nitrogens with one attached hydrogen (secondary N) is 2. The summed E-state index contributed by atoms with van der Waals surface area (Å²) in [6.07, 6.45) is 2.98. The predicted octanol–water partition coefficient (Wildman–Crippen LogP) is 5.09. The highest BCUT2D eigenvalue weighted by molar-refractivity contribution is 7.90. The molecule has 2 aromatic carbocycles. The number of sulfone groups is 1. The number of nitrogens with zero attached hydrogens (tertiary/aromatic N) is 4. The van der Waals surface area contributed by atoms with E-state index >= 15 is 4.39 Å². The number of carbonyl (C=O) groups is 8. The van der Waals surface area contributed by atoms with Crippen LogP contribution < -0.4 is 16.2 Å². The van der Waals surface area contributed by atoms with Gasteiger partial charge in [0, 0.05) is 79.4 Å². The van der Waals surface area contributed by atoms with Crippen LogP contribution in [0.25, 0.3) is 22.3 Å². The Morgan fingerprint density at radius 1 is 1.00 bits per heavy atom. The van der Waals surface area contributed by atoms with Crippen LogP contribution in [-0.2, 0) is 95.8 Å². The van der Waals surface area contributed by atoms with E-state index in [1.54, 1.807) is 58.0 Å². The maximum atomic E-state index is 15.5. The number of ketones is 2. The van der Waals surface area contributed by atoms with Crippen molar-refractivity contribution in [1.29, 1.82) is 0 Å². The van der Waals surface area contributed by atoms with Crippen molar-refractivity contribution in [2.24, 2.45) is 17.8 Å². The fourth-order valence-electron chi connectivity index (χ4n) is 11.2. The minimum absolute atomic E-state index is 0.0131. The van der Waals surface area contributed by atoms with E-state index in [1.807, 2.05) is 13.8 Å². The minimum Gasteiger partial charge on any atom is -0.458 e. The topological polar surface area (TPSA) is 284 Å². The van der Waals surface area contributed by atoms with E-state index in [-0.39, 0.29) is 105 Å².